The standard InChI is InChI=1S/C33H51FN6O4/c1-19-15-25(37-40(19)32(9,10)11)36-24-16-22(38-13-12-14-38)26(34)21(35-24)17-33(28(41)42)23(30(3,4)5)18-39(29(43)44)20(2)27(33)31(6,7)8/h15-16,20,23,27H,12-14,17-18H2,1-11H3,(H,41,42)(H,43,44)(H,35,36,37)/t20-,23?,27?,33-/m1/s1. The van der Waals surface area contributed by atoms with Gasteiger partial charge in [-0.2, -0.15) is 5.10 Å². The van der Waals surface area contributed by atoms with E-state index in [1.165, 1.54) is 4.90 Å². The maximum atomic E-state index is 16.6. The number of piperidine rings is 1. The van der Waals surface area contributed by atoms with Crippen LogP contribution in [0.2, 0.25) is 0 Å². The van der Waals surface area contributed by atoms with Crippen molar-refractivity contribution in [1.29, 1.82) is 0 Å². The van der Waals surface area contributed by atoms with E-state index >= 15 is 4.39 Å². The number of amides is 1. The van der Waals surface area contributed by atoms with Crippen molar-refractivity contribution in [1.82, 2.24) is 19.7 Å². The summed E-state index contributed by atoms with van der Waals surface area (Å²) in [6.45, 7) is 23.0. The van der Waals surface area contributed by atoms with E-state index in [0.29, 0.717) is 30.4 Å². The monoisotopic (exact) mass is 614 g/mol. The molecule has 2 aromatic rings. The number of nitrogens with one attached hydrogen (secondary N) is 1. The van der Waals surface area contributed by atoms with Crippen molar-refractivity contribution >= 4 is 29.4 Å². The molecule has 0 aliphatic carbocycles. The van der Waals surface area contributed by atoms with Crippen LogP contribution in [0.15, 0.2) is 12.1 Å². The first-order valence-electron chi connectivity index (χ1n) is 15.6. The quantitative estimate of drug-likeness (QED) is 0.326. The van der Waals surface area contributed by atoms with Crippen molar-refractivity contribution in [2.45, 2.75) is 101 Å². The Labute approximate surface area is 261 Å². The molecule has 3 N–H and O–H groups in total. The van der Waals surface area contributed by atoms with E-state index in [-0.39, 0.29) is 24.2 Å². The number of carbonyl (C=O) groups is 2. The van der Waals surface area contributed by atoms with E-state index in [0.717, 1.165) is 12.1 Å². The molecule has 2 aromatic heterocycles. The maximum Gasteiger partial charge on any atom is 0.407 e. The molecule has 11 heteroatoms. The highest BCUT2D eigenvalue weighted by molar-refractivity contribution is 5.78. The average molecular weight is 615 g/mol. The molecule has 0 radical (unpaired) electrons. The van der Waals surface area contributed by atoms with Gasteiger partial charge in [-0.05, 0) is 57.8 Å². The zero-order valence-electron chi connectivity index (χ0n) is 28.2. The third-order valence-corrected chi connectivity index (χ3v) is 9.60. The van der Waals surface area contributed by atoms with E-state index in [9.17, 15) is 19.8 Å². The average Bonchev–Trinajstić information content (AvgIpc) is 3.19. The molecule has 2 aliphatic heterocycles. The molecule has 4 rings (SSSR count). The Balaban J connectivity index is 1.92. The summed E-state index contributed by atoms with van der Waals surface area (Å²) < 4.78 is 18.5. The van der Waals surface area contributed by atoms with Gasteiger partial charge in [-0.1, -0.05) is 41.5 Å². The van der Waals surface area contributed by atoms with Crippen LogP contribution in [-0.2, 0) is 16.8 Å². The van der Waals surface area contributed by atoms with Crippen molar-refractivity contribution in [3.63, 3.8) is 0 Å². The molecule has 4 atom stereocenters. The molecule has 244 valence electrons. The molecule has 0 spiro atoms. The third kappa shape index (κ3) is 5.98. The predicted molar refractivity (Wildman–Crippen MR) is 170 cm³/mol. The minimum atomic E-state index is -1.51. The summed E-state index contributed by atoms with van der Waals surface area (Å²) >= 11 is 0. The maximum absolute atomic E-state index is 16.6. The second-order valence-electron chi connectivity index (χ2n) is 16.0. The Hall–Kier alpha value is -3.37. The Morgan fingerprint density at radius 3 is 2.07 bits per heavy atom. The van der Waals surface area contributed by atoms with Gasteiger partial charge >= 0.3 is 12.1 Å². The third-order valence-electron chi connectivity index (χ3n) is 9.60. The lowest BCUT2D eigenvalue weighted by molar-refractivity contribution is -0.184. The van der Waals surface area contributed by atoms with Gasteiger partial charge in [0.15, 0.2) is 11.6 Å². The number of nitrogens with zero attached hydrogens (tertiary/aromatic N) is 5. The number of pyridine rings is 1. The highest BCUT2D eigenvalue weighted by Gasteiger charge is 2.64. The molecule has 2 aliphatic rings. The van der Waals surface area contributed by atoms with Crippen molar-refractivity contribution in [3.05, 3.63) is 29.3 Å². The summed E-state index contributed by atoms with van der Waals surface area (Å²) in [5.74, 6) is -1.90. The number of rotatable bonds is 6. The largest absolute Gasteiger partial charge is 0.481 e. The number of halogens is 1. The van der Waals surface area contributed by atoms with Crippen LogP contribution in [0.1, 0.15) is 87.0 Å². The van der Waals surface area contributed by atoms with Gasteiger partial charge < -0.3 is 25.3 Å². The van der Waals surface area contributed by atoms with Crippen molar-refractivity contribution in [2.75, 3.05) is 29.9 Å². The molecule has 44 heavy (non-hydrogen) atoms. The summed E-state index contributed by atoms with van der Waals surface area (Å²) in [6, 6.07) is 2.97. The van der Waals surface area contributed by atoms with Gasteiger partial charge in [-0.3, -0.25) is 9.48 Å². The molecule has 0 bridgehead atoms. The lowest BCUT2D eigenvalue weighted by Crippen LogP contribution is -2.68. The summed E-state index contributed by atoms with van der Waals surface area (Å²) in [4.78, 5) is 34.3. The predicted octanol–water partition coefficient (Wildman–Crippen LogP) is 6.75. The fourth-order valence-corrected chi connectivity index (χ4v) is 7.90. The molecule has 2 unspecified atom stereocenters. The van der Waals surface area contributed by atoms with Crippen LogP contribution in [0.5, 0.6) is 0 Å². The first-order chi connectivity index (χ1) is 20.1. The van der Waals surface area contributed by atoms with Crippen LogP contribution >= 0.6 is 0 Å². The Morgan fingerprint density at radius 2 is 1.64 bits per heavy atom. The van der Waals surface area contributed by atoms with Gasteiger partial charge in [0, 0.05) is 55.8 Å². The minimum absolute atomic E-state index is 0.0287. The number of carboxylic acids is 1. The molecular formula is C33H51FN6O4. The first-order valence-corrected chi connectivity index (χ1v) is 15.6. The number of hydrogen-bond donors (Lipinski definition) is 3. The van der Waals surface area contributed by atoms with Gasteiger partial charge in [-0.15, -0.1) is 0 Å². The number of hydrogen-bond acceptors (Lipinski definition) is 6. The Kier molecular flexibility index (Phi) is 8.54. The molecule has 0 aromatic carbocycles. The lowest BCUT2D eigenvalue weighted by atomic mass is 9.48. The minimum Gasteiger partial charge on any atom is -0.481 e. The zero-order valence-corrected chi connectivity index (χ0v) is 28.2. The molecule has 1 amide bonds. The summed E-state index contributed by atoms with van der Waals surface area (Å²) in [7, 11) is 0. The zero-order chi connectivity index (χ0) is 33.2. The van der Waals surface area contributed by atoms with Crippen LogP contribution < -0.4 is 10.2 Å². The van der Waals surface area contributed by atoms with Crippen molar-refractivity contribution in [3.8, 4) is 0 Å². The highest BCUT2D eigenvalue weighted by Crippen LogP contribution is 2.58. The Bertz CT molecular complexity index is 1410. The van der Waals surface area contributed by atoms with E-state index in [1.807, 2.05) is 64.1 Å². The summed E-state index contributed by atoms with van der Waals surface area (Å²) in [6.07, 6.45) is -0.322. The van der Waals surface area contributed by atoms with Crippen LogP contribution in [-0.4, -0.2) is 67.6 Å². The number of aromatic nitrogens is 3. The molecule has 4 heterocycles. The number of anilines is 3. The Morgan fingerprint density at radius 1 is 1.02 bits per heavy atom. The van der Waals surface area contributed by atoms with E-state index in [2.05, 4.69) is 26.1 Å². The van der Waals surface area contributed by atoms with Gasteiger partial charge in [0.05, 0.1) is 22.3 Å². The normalized spacial score (nSPS) is 24.7. The van der Waals surface area contributed by atoms with E-state index in [4.69, 9.17) is 10.1 Å². The van der Waals surface area contributed by atoms with Gasteiger partial charge in [-0.25, -0.2) is 14.2 Å². The number of aliphatic carboxylic acids is 1. The van der Waals surface area contributed by atoms with Gasteiger partial charge in [0.2, 0.25) is 0 Å². The summed E-state index contributed by atoms with van der Waals surface area (Å²) in [5.41, 5.74) is -1.59. The lowest BCUT2D eigenvalue weighted by Gasteiger charge is -2.60. The second kappa shape index (κ2) is 11.2. The van der Waals surface area contributed by atoms with Crippen molar-refractivity contribution in [2.24, 2.45) is 28.1 Å². The van der Waals surface area contributed by atoms with Crippen LogP contribution in [0.25, 0.3) is 0 Å². The summed E-state index contributed by atoms with van der Waals surface area (Å²) in [5, 5.41) is 29.4. The van der Waals surface area contributed by atoms with E-state index in [1.54, 1.807) is 13.0 Å². The first kappa shape index (κ1) is 33.5. The van der Waals surface area contributed by atoms with Gasteiger partial charge in [0.25, 0.3) is 0 Å². The molecule has 10 nitrogen and oxygen atoms in total. The number of carboxylic acid groups (broad SMARTS) is 2. The fraction of sp³-hybridized carbons (Fsp3) is 0.697. The molecule has 2 fully saturated rings. The van der Waals surface area contributed by atoms with E-state index < -0.39 is 52.0 Å². The fourth-order valence-electron chi connectivity index (χ4n) is 7.90. The van der Waals surface area contributed by atoms with Gasteiger partial charge in [0.1, 0.15) is 5.82 Å². The van der Waals surface area contributed by atoms with Crippen LogP contribution in [0, 0.1) is 40.8 Å². The topological polar surface area (TPSA) is 124 Å². The molecular weight excluding hydrogens is 563 g/mol. The molecule has 2 saturated heterocycles. The molecule has 0 saturated carbocycles. The number of likely N-dealkylation sites (tertiary alicyclic amines) is 1. The van der Waals surface area contributed by atoms with Crippen LogP contribution in [0.3, 0.4) is 0 Å². The highest BCUT2D eigenvalue weighted by atomic mass is 19.1. The number of aryl methyl sites for hydroxylation is 1. The van der Waals surface area contributed by atoms with Crippen LogP contribution in [0.4, 0.5) is 26.5 Å². The SMILES string of the molecule is Cc1cc(Nc2cc(N3CCC3)c(F)c(C[C@@]3(C(=O)O)C(C(C)(C)C)CN(C(=O)O)[C@H](C)C3C(C)(C)C)n2)nn1C(C)(C)C. The smallest absolute Gasteiger partial charge is 0.407 e. The van der Waals surface area contributed by atoms with Crippen molar-refractivity contribution < 1.29 is 24.2 Å². The second-order valence-corrected chi connectivity index (χ2v) is 16.0.